The monoisotopic (exact) mass is 350 g/mol. The second-order valence-electron chi connectivity index (χ2n) is 5.61. The molecule has 0 aliphatic carbocycles. The smallest absolute Gasteiger partial charge is 0.261 e. The van der Waals surface area contributed by atoms with Gasteiger partial charge in [-0.05, 0) is 12.1 Å². The molecule has 25 heavy (non-hydrogen) atoms. The number of nitrogens with zero attached hydrogens (tertiary/aromatic N) is 2. The highest BCUT2D eigenvalue weighted by Crippen LogP contribution is 2.26. The summed E-state index contributed by atoms with van der Waals surface area (Å²) < 4.78 is 0. The number of carbonyl (C=O) groups excluding carboxylic acids is 4. The molecule has 1 unspecified atom stereocenters. The number of hydrogen-bond acceptors (Lipinski definition) is 7. The number of aldehydes is 1. The van der Waals surface area contributed by atoms with Crippen LogP contribution in [0.15, 0.2) is 12.1 Å². The lowest BCUT2D eigenvalue weighted by Crippen LogP contribution is -2.36. The van der Waals surface area contributed by atoms with Gasteiger partial charge >= 0.3 is 0 Å². The molecule has 0 spiro atoms. The van der Waals surface area contributed by atoms with E-state index in [9.17, 15) is 24.3 Å². The third kappa shape index (κ3) is 3.43. The molecular formula is C16H18N2O7. The minimum absolute atomic E-state index is 0.00449. The first-order valence-electron chi connectivity index (χ1n) is 7.50. The summed E-state index contributed by atoms with van der Waals surface area (Å²) in [5, 5.41) is 27.2. The summed E-state index contributed by atoms with van der Waals surface area (Å²) in [6, 6.07) is 2.34. The van der Waals surface area contributed by atoms with Crippen molar-refractivity contribution in [2.45, 2.75) is 6.10 Å². The Bertz CT molecular complexity index is 731. The lowest BCUT2D eigenvalue weighted by Gasteiger charge is -2.20. The van der Waals surface area contributed by atoms with E-state index in [0.29, 0.717) is 6.29 Å². The van der Waals surface area contributed by atoms with E-state index < -0.39 is 37.0 Å². The Labute approximate surface area is 143 Å². The quantitative estimate of drug-likeness (QED) is 0.403. The van der Waals surface area contributed by atoms with E-state index >= 15 is 0 Å². The van der Waals surface area contributed by atoms with Gasteiger partial charge in [-0.15, -0.1) is 0 Å². The first kappa shape index (κ1) is 18.7. The number of hydrogen-bond donors (Lipinski definition) is 3. The number of likely N-dealkylation sites (N-methyl/N-ethyl adjacent to an activating group) is 1. The molecular weight excluding hydrogens is 332 g/mol. The molecule has 1 heterocycles. The highest BCUT2D eigenvalue weighted by atomic mass is 16.3. The highest BCUT2D eigenvalue weighted by molar-refractivity contribution is 6.22. The van der Waals surface area contributed by atoms with Gasteiger partial charge in [-0.25, -0.2) is 0 Å². The van der Waals surface area contributed by atoms with Crippen LogP contribution >= 0.6 is 0 Å². The molecule has 134 valence electrons. The highest BCUT2D eigenvalue weighted by Gasteiger charge is 2.37. The van der Waals surface area contributed by atoms with Crippen LogP contribution in [0, 0.1) is 0 Å². The standard InChI is InChI=1S/C16H18N2O7/c1-17(6-10(22)8-21)14(23)11-5-13-12(4-9(11)7-20)15(24)18(2-3-19)16(13)25/h4-5,7,10,19,21-22H,2-3,6,8H2,1H3. The van der Waals surface area contributed by atoms with E-state index in [4.69, 9.17) is 10.2 Å². The second-order valence-corrected chi connectivity index (χ2v) is 5.61. The third-order valence-electron chi connectivity index (χ3n) is 3.86. The van der Waals surface area contributed by atoms with Gasteiger partial charge in [-0.2, -0.15) is 0 Å². The average Bonchev–Trinajstić information content (AvgIpc) is 2.84. The van der Waals surface area contributed by atoms with Crippen molar-refractivity contribution in [2.75, 3.05) is 33.4 Å². The van der Waals surface area contributed by atoms with E-state index in [-0.39, 0.29) is 35.3 Å². The second kappa shape index (κ2) is 7.51. The van der Waals surface area contributed by atoms with Crippen molar-refractivity contribution in [1.29, 1.82) is 0 Å². The zero-order chi connectivity index (χ0) is 18.7. The van der Waals surface area contributed by atoms with Crippen LogP contribution in [-0.4, -0.2) is 88.6 Å². The predicted molar refractivity (Wildman–Crippen MR) is 84.3 cm³/mol. The Morgan fingerprint density at radius 2 is 1.84 bits per heavy atom. The molecule has 1 aliphatic heterocycles. The zero-order valence-corrected chi connectivity index (χ0v) is 13.5. The van der Waals surface area contributed by atoms with Gasteiger partial charge < -0.3 is 20.2 Å². The van der Waals surface area contributed by atoms with Crippen LogP contribution in [0.3, 0.4) is 0 Å². The molecule has 1 aliphatic rings. The average molecular weight is 350 g/mol. The number of rotatable bonds is 7. The van der Waals surface area contributed by atoms with Crippen molar-refractivity contribution in [3.63, 3.8) is 0 Å². The fourth-order valence-corrected chi connectivity index (χ4v) is 2.60. The van der Waals surface area contributed by atoms with E-state index in [1.54, 1.807) is 0 Å². The van der Waals surface area contributed by atoms with Gasteiger partial charge in [0.1, 0.15) is 0 Å². The molecule has 1 atom stereocenters. The van der Waals surface area contributed by atoms with Crippen LogP contribution < -0.4 is 0 Å². The van der Waals surface area contributed by atoms with E-state index in [0.717, 1.165) is 9.80 Å². The number of fused-ring (bicyclic) bond motifs is 1. The lowest BCUT2D eigenvalue weighted by molar-refractivity contribution is 0.0519. The zero-order valence-electron chi connectivity index (χ0n) is 13.5. The summed E-state index contributed by atoms with van der Waals surface area (Å²) in [4.78, 5) is 50.2. The van der Waals surface area contributed by atoms with Crippen molar-refractivity contribution >= 4 is 24.0 Å². The number of aliphatic hydroxyl groups excluding tert-OH is 3. The molecule has 3 N–H and O–H groups in total. The predicted octanol–water partition coefficient (Wildman–Crippen LogP) is -1.49. The number of imide groups is 1. The minimum atomic E-state index is -1.15. The molecule has 1 aromatic carbocycles. The van der Waals surface area contributed by atoms with Gasteiger partial charge in [0.05, 0.1) is 42.6 Å². The van der Waals surface area contributed by atoms with Crippen LogP contribution in [0.2, 0.25) is 0 Å². The van der Waals surface area contributed by atoms with Gasteiger partial charge in [-0.3, -0.25) is 24.1 Å². The first-order chi connectivity index (χ1) is 11.8. The van der Waals surface area contributed by atoms with Gasteiger partial charge in [0.25, 0.3) is 17.7 Å². The van der Waals surface area contributed by atoms with Crippen LogP contribution in [0.4, 0.5) is 0 Å². The van der Waals surface area contributed by atoms with Gasteiger partial charge in [-0.1, -0.05) is 0 Å². The van der Waals surface area contributed by atoms with Crippen LogP contribution in [0.1, 0.15) is 41.4 Å². The minimum Gasteiger partial charge on any atom is -0.395 e. The number of β-amino-alcohol motifs (C(OH)–C–C–N with tert-alkyl or cyclic N) is 1. The normalized spacial score (nSPS) is 14.5. The molecule has 3 amide bonds. The molecule has 1 aromatic rings. The number of amides is 3. The van der Waals surface area contributed by atoms with Gasteiger partial charge in [0.2, 0.25) is 0 Å². The maximum atomic E-state index is 12.5. The number of carbonyl (C=O) groups is 4. The summed E-state index contributed by atoms with van der Waals surface area (Å²) in [6.07, 6.45) is -0.748. The molecule has 0 radical (unpaired) electrons. The summed E-state index contributed by atoms with van der Waals surface area (Å²) >= 11 is 0. The van der Waals surface area contributed by atoms with Crippen LogP contribution in [0.25, 0.3) is 0 Å². The summed E-state index contributed by atoms with van der Waals surface area (Å²) in [6.45, 7) is -1.30. The van der Waals surface area contributed by atoms with Crippen molar-refractivity contribution in [3.05, 3.63) is 34.4 Å². The number of benzene rings is 1. The van der Waals surface area contributed by atoms with Crippen molar-refractivity contribution in [1.82, 2.24) is 9.80 Å². The van der Waals surface area contributed by atoms with Crippen LogP contribution in [0.5, 0.6) is 0 Å². The summed E-state index contributed by atoms with van der Waals surface area (Å²) in [5.41, 5.74) is -0.187. The molecule has 0 fully saturated rings. The topological polar surface area (TPSA) is 135 Å². The Balaban J connectivity index is 2.42. The molecule has 0 bridgehead atoms. The van der Waals surface area contributed by atoms with Crippen molar-refractivity contribution in [2.24, 2.45) is 0 Å². The Kier molecular flexibility index (Phi) is 5.62. The maximum Gasteiger partial charge on any atom is 0.261 e. The summed E-state index contributed by atoms with van der Waals surface area (Å²) in [5.74, 6) is -1.93. The molecule has 0 saturated heterocycles. The SMILES string of the molecule is CN(CC(O)CO)C(=O)c1cc2c(cc1C=O)C(=O)N(CCO)C2=O. The molecule has 0 aromatic heterocycles. The maximum absolute atomic E-state index is 12.5. The Morgan fingerprint density at radius 1 is 1.24 bits per heavy atom. The van der Waals surface area contributed by atoms with E-state index in [2.05, 4.69) is 0 Å². The molecule has 9 heteroatoms. The molecule has 2 rings (SSSR count). The van der Waals surface area contributed by atoms with E-state index in [1.807, 2.05) is 0 Å². The fraction of sp³-hybridized carbons (Fsp3) is 0.375. The van der Waals surface area contributed by atoms with Gasteiger partial charge in [0.15, 0.2) is 6.29 Å². The third-order valence-corrected chi connectivity index (χ3v) is 3.86. The van der Waals surface area contributed by atoms with Crippen molar-refractivity contribution in [3.8, 4) is 0 Å². The fourth-order valence-electron chi connectivity index (χ4n) is 2.60. The summed E-state index contributed by atoms with van der Waals surface area (Å²) in [7, 11) is 1.37. The largest absolute Gasteiger partial charge is 0.395 e. The lowest BCUT2D eigenvalue weighted by atomic mass is 9.99. The first-order valence-corrected chi connectivity index (χ1v) is 7.50. The number of aliphatic hydroxyl groups is 3. The molecule has 9 nitrogen and oxygen atoms in total. The Morgan fingerprint density at radius 3 is 2.36 bits per heavy atom. The molecule has 0 saturated carbocycles. The Hall–Kier alpha value is -2.62. The van der Waals surface area contributed by atoms with E-state index in [1.165, 1.54) is 19.2 Å². The van der Waals surface area contributed by atoms with Crippen LogP contribution in [-0.2, 0) is 0 Å². The van der Waals surface area contributed by atoms with Gasteiger partial charge in [0, 0.05) is 19.2 Å². The van der Waals surface area contributed by atoms with Crippen molar-refractivity contribution < 1.29 is 34.5 Å².